The number of nitrogens with two attached hydrogens (primary N) is 1. The molecule has 0 amide bonds. The molecule has 2 N–H and O–H groups in total. The summed E-state index contributed by atoms with van der Waals surface area (Å²) >= 11 is 0. The fraction of sp³-hybridized carbons (Fsp3) is 0.188. The summed E-state index contributed by atoms with van der Waals surface area (Å²) in [6.07, 6.45) is 9.01. The Morgan fingerprint density at radius 1 is 1.33 bits per heavy atom. The van der Waals surface area contributed by atoms with Crippen LogP contribution < -0.4 is 10.5 Å². The number of rotatable bonds is 3. The van der Waals surface area contributed by atoms with Crippen molar-refractivity contribution < 1.29 is 9.13 Å². The van der Waals surface area contributed by atoms with Crippen molar-refractivity contribution in [2.24, 2.45) is 5.10 Å². The number of anilines is 1. The Morgan fingerprint density at radius 2 is 2.10 bits per heavy atom. The Labute approximate surface area is 123 Å². The van der Waals surface area contributed by atoms with Gasteiger partial charge in [0.2, 0.25) is 0 Å². The van der Waals surface area contributed by atoms with Crippen LogP contribution in [0.15, 0.2) is 53.1 Å². The van der Waals surface area contributed by atoms with Gasteiger partial charge in [0.1, 0.15) is 17.3 Å². The van der Waals surface area contributed by atoms with Gasteiger partial charge in [-0.3, -0.25) is 0 Å². The predicted molar refractivity (Wildman–Crippen MR) is 83.2 cm³/mol. The van der Waals surface area contributed by atoms with Crippen LogP contribution in [0, 0.1) is 12.7 Å². The predicted octanol–water partition coefficient (Wildman–Crippen LogP) is 3.72. The van der Waals surface area contributed by atoms with Crippen LogP contribution in [-0.4, -0.2) is 11.2 Å². The van der Waals surface area contributed by atoms with E-state index in [1.54, 1.807) is 29.6 Å². The van der Waals surface area contributed by atoms with Crippen molar-refractivity contribution in [2.45, 2.75) is 20.8 Å². The minimum Gasteiger partial charge on any atom is -0.457 e. The quantitative estimate of drug-likeness (QED) is 0.681. The Morgan fingerprint density at radius 3 is 2.76 bits per heavy atom. The van der Waals surface area contributed by atoms with Gasteiger partial charge < -0.3 is 10.5 Å². The van der Waals surface area contributed by atoms with Crippen LogP contribution >= 0.6 is 0 Å². The Balaban J connectivity index is 2.25. The molecule has 0 saturated carbocycles. The molecule has 1 heterocycles. The van der Waals surface area contributed by atoms with E-state index >= 15 is 0 Å². The van der Waals surface area contributed by atoms with Crippen LogP contribution in [0.4, 0.5) is 10.1 Å². The van der Waals surface area contributed by atoms with Crippen LogP contribution in [-0.2, 0) is 0 Å². The van der Waals surface area contributed by atoms with E-state index in [9.17, 15) is 4.39 Å². The Bertz CT molecular complexity index is 660. The van der Waals surface area contributed by atoms with E-state index in [4.69, 9.17) is 10.5 Å². The van der Waals surface area contributed by atoms with Crippen LogP contribution in [0.25, 0.3) is 0 Å². The van der Waals surface area contributed by atoms with Gasteiger partial charge in [-0.25, -0.2) is 9.40 Å². The lowest BCUT2D eigenvalue weighted by Crippen LogP contribution is -2.13. The molecule has 5 heteroatoms. The maximum Gasteiger partial charge on any atom is 0.149 e. The zero-order chi connectivity index (χ0) is 15.4. The fourth-order valence-electron chi connectivity index (χ4n) is 1.92. The van der Waals surface area contributed by atoms with Crippen LogP contribution in [0.3, 0.4) is 0 Å². The van der Waals surface area contributed by atoms with Gasteiger partial charge in [-0.1, -0.05) is 6.08 Å². The number of benzene rings is 1. The minimum atomic E-state index is -0.487. The second kappa shape index (κ2) is 6.26. The van der Waals surface area contributed by atoms with Crippen molar-refractivity contribution >= 4 is 11.9 Å². The first kappa shape index (κ1) is 14.8. The molecule has 0 unspecified atom stereocenters. The number of ether oxygens (including phenoxy) is 1. The SMILES string of the molecule is CC=C1C=C(Oc2cc(F)c(N)cc2C)C=CN1/N=C\C. The molecule has 4 nitrogen and oxygen atoms in total. The van der Waals surface area contributed by atoms with Gasteiger partial charge in [-0.15, -0.1) is 0 Å². The number of halogens is 1. The average Bonchev–Trinajstić information content (AvgIpc) is 2.46. The maximum atomic E-state index is 13.5. The molecule has 0 spiro atoms. The highest BCUT2D eigenvalue weighted by molar-refractivity contribution is 5.54. The van der Waals surface area contributed by atoms with Gasteiger partial charge in [0.25, 0.3) is 0 Å². The van der Waals surface area contributed by atoms with E-state index in [0.29, 0.717) is 11.5 Å². The molecular weight excluding hydrogens is 269 g/mol. The smallest absolute Gasteiger partial charge is 0.149 e. The topological polar surface area (TPSA) is 50.9 Å². The summed E-state index contributed by atoms with van der Waals surface area (Å²) < 4.78 is 19.3. The number of nitrogens with zero attached hydrogens (tertiary/aromatic N) is 2. The van der Waals surface area contributed by atoms with Gasteiger partial charge in [-0.2, -0.15) is 5.10 Å². The summed E-state index contributed by atoms with van der Waals surface area (Å²) in [4.78, 5) is 0. The van der Waals surface area contributed by atoms with Crippen molar-refractivity contribution in [2.75, 3.05) is 5.73 Å². The summed E-state index contributed by atoms with van der Waals surface area (Å²) in [5, 5.41) is 5.92. The van der Waals surface area contributed by atoms with Crippen molar-refractivity contribution in [3.63, 3.8) is 0 Å². The number of aryl methyl sites for hydroxylation is 1. The second-order valence-corrected chi connectivity index (χ2v) is 4.54. The molecule has 0 atom stereocenters. The van der Waals surface area contributed by atoms with Crippen LogP contribution in [0.1, 0.15) is 19.4 Å². The monoisotopic (exact) mass is 287 g/mol. The van der Waals surface area contributed by atoms with Crippen molar-refractivity contribution in [3.8, 4) is 5.75 Å². The molecule has 2 rings (SSSR count). The first-order chi connectivity index (χ1) is 10.0. The highest BCUT2D eigenvalue weighted by Gasteiger charge is 2.12. The zero-order valence-electron chi connectivity index (χ0n) is 12.3. The molecule has 110 valence electrons. The minimum absolute atomic E-state index is 0.116. The summed E-state index contributed by atoms with van der Waals surface area (Å²) in [5.41, 5.74) is 7.29. The lowest BCUT2D eigenvalue weighted by molar-refractivity contribution is 0.418. The van der Waals surface area contributed by atoms with Gasteiger partial charge in [0.15, 0.2) is 0 Å². The molecule has 21 heavy (non-hydrogen) atoms. The van der Waals surface area contributed by atoms with Gasteiger partial charge in [0, 0.05) is 24.6 Å². The molecule has 1 aliphatic rings. The number of nitrogen functional groups attached to an aromatic ring is 1. The highest BCUT2D eigenvalue weighted by atomic mass is 19.1. The molecule has 0 aromatic heterocycles. The van der Waals surface area contributed by atoms with E-state index in [-0.39, 0.29) is 5.69 Å². The lowest BCUT2D eigenvalue weighted by Gasteiger charge is -2.21. The molecule has 1 aliphatic heterocycles. The summed E-state index contributed by atoms with van der Waals surface area (Å²) in [6, 6.07) is 2.85. The van der Waals surface area contributed by atoms with E-state index in [0.717, 1.165) is 11.3 Å². The number of allylic oxidation sites excluding steroid dienone is 3. The van der Waals surface area contributed by atoms with E-state index in [1.165, 1.54) is 6.07 Å². The van der Waals surface area contributed by atoms with Crippen molar-refractivity contribution in [1.29, 1.82) is 0 Å². The fourth-order valence-corrected chi connectivity index (χ4v) is 1.92. The molecular formula is C16H18FN3O. The zero-order valence-corrected chi connectivity index (χ0v) is 12.3. The lowest BCUT2D eigenvalue weighted by atomic mass is 10.2. The van der Waals surface area contributed by atoms with Gasteiger partial charge in [-0.05, 0) is 38.5 Å². The second-order valence-electron chi connectivity index (χ2n) is 4.54. The number of hydrogen-bond donors (Lipinski definition) is 1. The Hall–Kier alpha value is -2.56. The Kier molecular flexibility index (Phi) is 4.42. The normalized spacial score (nSPS) is 16.7. The van der Waals surface area contributed by atoms with E-state index in [1.807, 2.05) is 32.9 Å². The maximum absolute atomic E-state index is 13.5. The summed E-state index contributed by atoms with van der Waals surface area (Å²) in [7, 11) is 0. The molecule has 0 saturated heterocycles. The third-order valence-corrected chi connectivity index (χ3v) is 2.99. The van der Waals surface area contributed by atoms with Gasteiger partial charge in [0.05, 0.1) is 11.4 Å². The standard InChI is InChI=1S/C16H18FN3O/c1-4-12-9-13(6-7-20(12)19-5-2)21-16-10-14(17)15(18)8-11(16)3/h4-10H,18H2,1-3H3/b12-4?,19-5-. The first-order valence-electron chi connectivity index (χ1n) is 6.62. The highest BCUT2D eigenvalue weighted by Crippen LogP contribution is 2.27. The molecule has 0 radical (unpaired) electrons. The third kappa shape index (κ3) is 3.31. The number of hydrazone groups is 1. The van der Waals surface area contributed by atoms with Gasteiger partial charge >= 0.3 is 0 Å². The first-order valence-corrected chi connectivity index (χ1v) is 6.62. The largest absolute Gasteiger partial charge is 0.457 e. The van der Waals surface area contributed by atoms with E-state index in [2.05, 4.69) is 5.10 Å². The third-order valence-electron chi connectivity index (χ3n) is 2.99. The van der Waals surface area contributed by atoms with Crippen molar-refractivity contribution in [3.05, 3.63) is 59.4 Å². The summed E-state index contributed by atoms with van der Waals surface area (Å²) in [6.45, 7) is 5.58. The number of hydrogen-bond acceptors (Lipinski definition) is 4. The van der Waals surface area contributed by atoms with Crippen LogP contribution in [0.5, 0.6) is 5.75 Å². The molecule has 1 aromatic rings. The summed E-state index contributed by atoms with van der Waals surface area (Å²) in [5.74, 6) is 0.567. The molecule has 0 bridgehead atoms. The molecule has 0 fully saturated rings. The molecule has 1 aromatic carbocycles. The van der Waals surface area contributed by atoms with Crippen LogP contribution in [0.2, 0.25) is 0 Å². The average molecular weight is 287 g/mol. The van der Waals surface area contributed by atoms with Crippen molar-refractivity contribution in [1.82, 2.24) is 5.01 Å². The molecule has 0 aliphatic carbocycles. The van der Waals surface area contributed by atoms with E-state index < -0.39 is 5.82 Å².